The van der Waals surface area contributed by atoms with Crippen LogP contribution in [0.3, 0.4) is 0 Å². The molecule has 9 heteroatoms. The van der Waals surface area contributed by atoms with Gasteiger partial charge in [-0.25, -0.2) is 5.43 Å². The Morgan fingerprint density at radius 3 is 2.69 bits per heavy atom. The minimum Gasteiger partial charge on any atom is -0.390 e. The lowest BCUT2D eigenvalue weighted by Gasteiger charge is -2.58. The zero-order chi connectivity index (χ0) is 19.8. The maximum Gasteiger partial charge on any atom is 0.226 e. The number of hydrogen-bond donors (Lipinski definition) is 5. The number of H-pyrrole nitrogens is 1. The number of aryl methyl sites for hydroxylation is 1. The first-order valence-corrected chi connectivity index (χ1v) is 10.6. The smallest absolute Gasteiger partial charge is 0.226 e. The molecule has 2 aromatic heterocycles. The standard InChI is InChI=1S/C20H28N8O/c1-10-3-15(27-26-10)22-17-14-9-21-28(2)18(14)25-19(24-17)23-16-12-4-11-5-13(16)8-20(29,6-11)7-12/h3,11-13,16,21,29H,4-9H2,1-2H3,(H3,22,23,24,25,26,27). The topological polar surface area (TPSA) is 114 Å². The number of hydrogen-bond acceptors (Lipinski definition) is 8. The van der Waals surface area contributed by atoms with E-state index in [9.17, 15) is 5.11 Å². The molecule has 1 aliphatic heterocycles. The summed E-state index contributed by atoms with van der Waals surface area (Å²) in [4.78, 5) is 9.66. The Balaban J connectivity index is 1.31. The summed E-state index contributed by atoms with van der Waals surface area (Å²) < 4.78 is 0. The number of nitrogens with zero attached hydrogens (tertiary/aromatic N) is 4. The van der Waals surface area contributed by atoms with Gasteiger partial charge >= 0.3 is 0 Å². The highest BCUT2D eigenvalue weighted by atomic mass is 16.3. The van der Waals surface area contributed by atoms with Gasteiger partial charge in [0.1, 0.15) is 5.82 Å². The molecule has 3 heterocycles. The largest absolute Gasteiger partial charge is 0.390 e. The van der Waals surface area contributed by atoms with Crippen LogP contribution in [0.15, 0.2) is 6.07 Å². The van der Waals surface area contributed by atoms with Crippen molar-refractivity contribution in [2.75, 3.05) is 22.7 Å². The van der Waals surface area contributed by atoms with Crippen molar-refractivity contribution >= 4 is 23.4 Å². The highest BCUT2D eigenvalue weighted by molar-refractivity contribution is 5.68. The van der Waals surface area contributed by atoms with Crippen LogP contribution in [0.2, 0.25) is 0 Å². The molecule has 0 amide bonds. The van der Waals surface area contributed by atoms with Crippen LogP contribution in [0.25, 0.3) is 0 Å². The molecule has 0 saturated heterocycles. The summed E-state index contributed by atoms with van der Waals surface area (Å²) in [5.41, 5.74) is 4.92. The second-order valence-corrected chi connectivity index (χ2v) is 9.52. The van der Waals surface area contributed by atoms with Crippen molar-refractivity contribution in [1.82, 2.24) is 25.6 Å². The third-order valence-electron chi connectivity index (χ3n) is 7.28. The molecule has 5 aliphatic rings. The van der Waals surface area contributed by atoms with E-state index in [4.69, 9.17) is 9.97 Å². The summed E-state index contributed by atoms with van der Waals surface area (Å²) in [7, 11) is 1.98. The van der Waals surface area contributed by atoms with Gasteiger partial charge in [0.05, 0.1) is 11.2 Å². The van der Waals surface area contributed by atoms with Gasteiger partial charge < -0.3 is 15.7 Å². The van der Waals surface area contributed by atoms with Crippen LogP contribution in [0, 0.1) is 24.7 Å². The van der Waals surface area contributed by atoms with Crippen molar-refractivity contribution in [1.29, 1.82) is 0 Å². The van der Waals surface area contributed by atoms with Crippen LogP contribution in [0.5, 0.6) is 0 Å². The Bertz CT molecular complexity index is 942. The SMILES string of the molecule is Cc1cc(Nc2nc(NC3C4CC5CC3CC(O)(C5)C4)nc3c2CNN3C)n[nH]1. The van der Waals surface area contributed by atoms with E-state index in [1.54, 1.807) is 0 Å². The summed E-state index contributed by atoms with van der Waals surface area (Å²) in [5.74, 6) is 4.77. The molecule has 4 aliphatic carbocycles. The van der Waals surface area contributed by atoms with E-state index in [-0.39, 0.29) is 0 Å². The minimum atomic E-state index is -0.428. The maximum atomic E-state index is 10.9. The van der Waals surface area contributed by atoms with Crippen molar-refractivity contribution < 1.29 is 5.11 Å². The van der Waals surface area contributed by atoms with Gasteiger partial charge in [-0.3, -0.25) is 10.1 Å². The van der Waals surface area contributed by atoms with Crippen molar-refractivity contribution in [2.24, 2.45) is 17.8 Å². The third kappa shape index (κ3) is 2.86. The summed E-state index contributed by atoms with van der Waals surface area (Å²) in [6, 6.07) is 2.30. The summed E-state index contributed by atoms with van der Waals surface area (Å²) in [6.07, 6.45) is 5.22. The van der Waals surface area contributed by atoms with Gasteiger partial charge in [-0.15, -0.1) is 0 Å². The van der Waals surface area contributed by atoms with Crippen LogP contribution in [-0.2, 0) is 6.54 Å². The Morgan fingerprint density at radius 2 is 2.00 bits per heavy atom. The molecule has 29 heavy (non-hydrogen) atoms. The van der Waals surface area contributed by atoms with Gasteiger partial charge in [-0.2, -0.15) is 15.1 Å². The quantitative estimate of drug-likeness (QED) is 0.534. The van der Waals surface area contributed by atoms with Gasteiger partial charge in [-0.05, 0) is 56.8 Å². The first-order chi connectivity index (χ1) is 14.0. The molecule has 4 bridgehead atoms. The van der Waals surface area contributed by atoms with E-state index in [0.29, 0.717) is 36.3 Å². The fourth-order valence-electron chi connectivity index (χ4n) is 6.32. The number of anilines is 4. The number of rotatable bonds is 4. The van der Waals surface area contributed by atoms with E-state index in [0.717, 1.165) is 48.0 Å². The van der Waals surface area contributed by atoms with Crippen LogP contribution in [-0.4, -0.2) is 44.0 Å². The molecule has 5 N–H and O–H groups in total. The number of aromatic nitrogens is 4. The number of aromatic amines is 1. The fraction of sp³-hybridized carbons (Fsp3) is 0.650. The average Bonchev–Trinajstić information content (AvgIpc) is 3.23. The molecule has 7 rings (SSSR count). The van der Waals surface area contributed by atoms with Crippen molar-refractivity contribution in [2.45, 2.75) is 57.2 Å². The van der Waals surface area contributed by atoms with Gasteiger partial charge in [-0.1, -0.05) is 0 Å². The van der Waals surface area contributed by atoms with E-state index in [1.807, 2.05) is 25.0 Å². The number of hydrazine groups is 1. The average molecular weight is 396 g/mol. The normalized spacial score (nSPS) is 34.5. The lowest BCUT2D eigenvalue weighted by Crippen LogP contribution is -2.59. The predicted molar refractivity (Wildman–Crippen MR) is 110 cm³/mol. The molecule has 2 atom stereocenters. The van der Waals surface area contributed by atoms with Crippen LogP contribution < -0.4 is 21.1 Å². The Labute approximate surface area is 169 Å². The number of nitrogens with one attached hydrogen (secondary N) is 4. The first kappa shape index (κ1) is 17.5. The molecule has 0 spiro atoms. The second-order valence-electron chi connectivity index (χ2n) is 9.52. The summed E-state index contributed by atoms with van der Waals surface area (Å²) in [6.45, 7) is 2.66. The zero-order valence-electron chi connectivity index (χ0n) is 16.9. The molecule has 4 saturated carbocycles. The highest BCUT2D eigenvalue weighted by Gasteiger charge is 2.54. The monoisotopic (exact) mass is 396 g/mol. The zero-order valence-corrected chi connectivity index (χ0v) is 16.9. The highest BCUT2D eigenvalue weighted by Crippen LogP contribution is 2.56. The molecule has 0 radical (unpaired) electrons. The first-order valence-electron chi connectivity index (χ1n) is 10.6. The fourth-order valence-corrected chi connectivity index (χ4v) is 6.32. The van der Waals surface area contributed by atoms with Crippen LogP contribution >= 0.6 is 0 Å². The lowest BCUT2D eigenvalue weighted by atomic mass is 9.52. The van der Waals surface area contributed by atoms with Gasteiger partial charge in [0.15, 0.2) is 11.6 Å². The lowest BCUT2D eigenvalue weighted by molar-refractivity contribution is -0.129. The molecule has 2 unspecified atom stereocenters. The molecular formula is C20H28N8O. The van der Waals surface area contributed by atoms with Crippen molar-refractivity contribution in [3.63, 3.8) is 0 Å². The van der Waals surface area contributed by atoms with Crippen molar-refractivity contribution in [3.8, 4) is 0 Å². The minimum absolute atomic E-state index is 0.338. The third-order valence-corrected chi connectivity index (χ3v) is 7.28. The molecule has 4 fully saturated rings. The Kier molecular flexibility index (Phi) is 3.65. The molecule has 154 valence electrons. The molecular weight excluding hydrogens is 368 g/mol. The molecule has 9 nitrogen and oxygen atoms in total. The van der Waals surface area contributed by atoms with Gasteiger partial charge in [0, 0.05) is 31.4 Å². The second kappa shape index (κ2) is 6.06. The Hall–Kier alpha value is -2.39. The Morgan fingerprint density at radius 1 is 1.21 bits per heavy atom. The maximum absolute atomic E-state index is 10.9. The van der Waals surface area contributed by atoms with E-state index in [1.165, 1.54) is 12.8 Å². The van der Waals surface area contributed by atoms with Gasteiger partial charge in [0.2, 0.25) is 5.95 Å². The molecule has 2 aromatic rings. The van der Waals surface area contributed by atoms with E-state index >= 15 is 0 Å². The summed E-state index contributed by atoms with van der Waals surface area (Å²) in [5, 5.41) is 27.1. The van der Waals surface area contributed by atoms with E-state index in [2.05, 4.69) is 26.3 Å². The molecule has 0 aromatic carbocycles. The summed E-state index contributed by atoms with van der Waals surface area (Å²) >= 11 is 0. The van der Waals surface area contributed by atoms with Crippen LogP contribution in [0.4, 0.5) is 23.4 Å². The number of aliphatic hydroxyl groups is 1. The number of fused-ring (bicyclic) bond motifs is 1. The van der Waals surface area contributed by atoms with Crippen molar-refractivity contribution in [3.05, 3.63) is 17.3 Å². The predicted octanol–water partition coefficient (Wildman–Crippen LogP) is 2.06. The van der Waals surface area contributed by atoms with E-state index < -0.39 is 5.60 Å². The van der Waals surface area contributed by atoms with Gasteiger partial charge in [0.25, 0.3) is 0 Å². The van der Waals surface area contributed by atoms with Crippen LogP contribution in [0.1, 0.15) is 43.4 Å².